The van der Waals surface area contributed by atoms with Crippen molar-refractivity contribution in [2.45, 2.75) is 23.3 Å². The van der Waals surface area contributed by atoms with Crippen LogP contribution in [0.5, 0.6) is 0 Å². The van der Waals surface area contributed by atoms with E-state index in [1.165, 1.54) is 12.3 Å². The molecule has 4 rings (SSSR count). The number of carbonyl (C=O) groups is 3. The lowest BCUT2D eigenvalue weighted by molar-refractivity contribution is -0.120. The molecule has 0 saturated carbocycles. The summed E-state index contributed by atoms with van der Waals surface area (Å²) in [4.78, 5) is 46.6. The average Bonchev–Trinajstić information content (AvgIpc) is 3.40. The maximum Gasteiger partial charge on any atom is 0.406 e. The molecule has 0 aliphatic heterocycles. The number of nitrogens with zero attached hydrogens (tertiary/aromatic N) is 2. The highest BCUT2D eigenvalue weighted by Gasteiger charge is 2.34. The third kappa shape index (κ3) is 7.08. The van der Waals surface area contributed by atoms with Crippen LogP contribution in [0.3, 0.4) is 0 Å². The molecule has 2 N–H and O–H groups in total. The number of benzene rings is 2. The fraction of sp³-hybridized carbons (Fsp3) is 0.250. The molecule has 0 aliphatic carbocycles. The fourth-order valence-electron chi connectivity index (χ4n) is 4.14. The van der Waals surface area contributed by atoms with Crippen molar-refractivity contribution in [3.63, 3.8) is 0 Å². The number of hydrogen-bond donors (Lipinski definition) is 2. The molecule has 0 spiro atoms. The minimum atomic E-state index is -4.09. The summed E-state index contributed by atoms with van der Waals surface area (Å²) in [5.74, 6) is -2.47. The van der Waals surface area contributed by atoms with Crippen LogP contribution in [0.1, 0.15) is 34.3 Å². The Hall–Kier alpha value is -4.58. The number of oxazole rings is 1. The standard InChI is InChI=1S/C28H28N4O7S/c1-38-28(35)31-17-24(40(36,37)18-20-11-7-8-15-29-20)26(34)30-16-14-21(19-9-3-2-4-10-19)25(33)27-32-22-12-5-6-13-23(22)39-27/h2-13,15,21,24H,14,16-18H2,1H3,(H,30,34)(H,31,35). The van der Waals surface area contributed by atoms with E-state index in [2.05, 4.69) is 25.3 Å². The first-order valence-corrected chi connectivity index (χ1v) is 14.2. The highest BCUT2D eigenvalue weighted by atomic mass is 32.2. The molecule has 0 radical (unpaired) electrons. The Morgan fingerprint density at radius 3 is 2.38 bits per heavy atom. The van der Waals surface area contributed by atoms with Gasteiger partial charge in [0.25, 0.3) is 5.89 Å². The first-order valence-electron chi connectivity index (χ1n) is 12.4. The monoisotopic (exact) mass is 564 g/mol. The molecule has 0 saturated heterocycles. The largest absolute Gasteiger partial charge is 0.453 e. The van der Waals surface area contributed by atoms with Crippen molar-refractivity contribution < 1.29 is 32.0 Å². The Balaban J connectivity index is 1.50. The van der Waals surface area contributed by atoms with Gasteiger partial charge in [0.05, 0.1) is 24.5 Å². The van der Waals surface area contributed by atoms with E-state index in [1.54, 1.807) is 60.7 Å². The predicted molar refractivity (Wildman–Crippen MR) is 146 cm³/mol. The number of amides is 2. The Morgan fingerprint density at radius 2 is 1.68 bits per heavy atom. The molecule has 208 valence electrons. The van der Waals surface area contributed by atoms with E-state index in [0.717, 1.165) is 7.11 Å². The molecule has 2 aromatic heterocycles. The van der Waals surface area contributed by atoms with Gasteiger partial charge in [-0.05, 0) is 36.2 Å². The number of alkyl carbamates (subject to hydrolysis) is 1. The smallest absolute Gasteiger partial charge is 0.406 e. The van der Waals surface area contributed by atoms with Crippen LogP contribution in [0.4, 0.5) is 4.79 Å². The second kappa shape index (κ2) is 13.0. The number of Topliss-reactive ketones (excluding diaryl/α,β-unsaturated/α-hetero) is 1. The molecular formula is C28H28N4O7S. The van der Waals surface area contributed by atoms with Gasteiger partial charge in [-0.3, -0.25) is 14.6 Å². The van der Waals surface area contributed by atoms with Crippen molar-refractivity contribution in [1.82, 2.24) is 20.6 Å². The summed E-state index contributed by atoms with van der Waals surface area (Å²) < 4.78 is 36.5. The van der Waals surface area contributed by atoms with E-state index in [0.29, 0.717) is 16.7 Å². The lowest BCUT2D eigenvalue weighted by atomic mass is 9.91. The fourth-order valence-corrected chi connectivity index (χ4v) is 5.67. The number of fused-ring (bicyclic) bond motifs is 1. The summed E-state index contributed by atoms with van der Waals surface area (Å²) in [6.45, 7) is -0.532. The zero-order valence-corrected chi connectivity index (χ0v) is 22.5. The minimum Gasteiger partial charge on any atom is -0.453 e. The molecule has 0 bridgehead atoms. The summed E-state index contributed by atoms with van der Waals surface area (Å²) in [7, 11) is -2.96. The van der Waals surface area contributed by atoms with Crippen molar-refractivity contribution >= 4 is 38.7 Å². The quantitative estimate of drug-likeness (QED) is 0.247. The zero-order valence-electron chi connectivity index (χ0n) is 21.6. The van der Waals surface area contributed by atoms with Gasteiger partial charge in [0.1, 0.15) is 5.52 Å². The lowest BCUT2D eigenvalue weighted by Gasteiger charge is -2.19. The van der Waals surface area contributed by atoms with Gasteiger partial charge in [-0.15, -0.1) is 0 Å². The highest BCUT2D eigenvalue weighted by molar-refractivity contribution is 7.92. The molecule has 2 unspecified atom stereocenters. The van der Waals surface area contributed by atoms with E-state index in [4.69, 9.17) is 4.42 Å². The SMILES string of the molecule is COC(=O)NCC(C(=O)NCCC(C(=O)c1nc2ccccc2o1)c1ccccc1)S(=O)(=O)Cc1ccccn1. The van der Waals surface area contributed by atoms with Gasteiger partial charge in [0.2, 0.25) is 11.7 Å². The van der Waals surface area contributed by atoms with Gasteiger partial charge in [0, 0.05) is 19.3 Å². The van der Waals surface area contributed by atoms with Gasteiger partial charge >= 0.3 is 6.09 Å². The zero-order chi connectivity index (χ0) is 28.5. The number of carbonyl (C=O) groups excluding carboxylic acids is 3. The predicted octanol–water partition coefficient (Wildman–Crippen LogP) is 3.04. The van der Waals surface area contributed by atoms with Crippen molar-refractivity contribution in [3.05, 3.63) is 96.1 Å². The molecule has 40 heavy (non-hydrogen) atoms. The molecule has 4 aromatic rings. The van der Waals surface area contributed by atoms with Crippen molar-refractivity contribution in [3.8, 4) is 0 Å². The number of sulfone groups is 1. The number of aromatic nitrogens is 2. The first-order chi connectivity index (χ1) is 19.3. The maximum atomic E-state index is 13.5. The normalized spacial score (nSPS) is 12.8. The van der Waals surface area contributed by atoms with E-state index >= 15 is 0 Å². The van der Waals surface area contributed by atoms with Crippen LogP contribution in [-0.2, 0) is 25.1 Å². The van der Waals surface area contributed by atoms with Crippen LogP contribution in [-0.4, -0.2) is 61.6 Å². The number of para-hydroxylation sites is 2. The Kier molecular flexibility index (Phi) is 9.23. The number of ketones is 1. The Labute approximate surface area is 230 Å². The summed E-state index contributed by atoms with van der Waals surface area (Å²) in [6, 6.07) is 20.8. The van der Waals surface area contributed by atoms with Gasteiger partial charge in [-0.2, -0.15) is 0 Å². The molecule has 2 atom stereocenters. The number of pyridine rings is 1. The number of ether oxygens (including phenoxy) is 1. The maximum absolute atomic E-state index is 13.5. The Bertz CT molecular complexity index is 1540. The average molecular weight is 565 g/mol. The van der Waals surface area contributed by atoms with Crippen LogP contribution in [0.25, 0.3) is 11.1 Å². The number of nitrogens with one attached hydrogen (secondary N) is 2. The van der Waals surface area contributed by atoms with Gasteiger partial charge in [0.15, 0.2) is 20.7 Å². The van der Waals surface area contributed by atoms with Crippen molar-refractivity contribution in [2.75, 3.05) is 20.2 Å². The second-order valence-electron chi connectivity index (χ2n) is 8.88. The third-order valence-corrected chi connectivity index (χ3v) is 8.12. The minimum absolute atomic E-state index is 0.0296. The molecule has 2 amide bonds. The van der Waals surface area contributed by atoms with Gasteiger partial charge in [-0.1, -0.05) is 48.5 Å². The summed E-state index contributed by atoms with van der Waals surface area (Å²) in [5.41, 5.74) is 1.97. The topological polar surface area (TPSA) is 158 Å². The molecule has 2 heterocycles. The lowest BCUT2D eigenvalue weighted by Crippen LogP contribution is -2.48. The third-order valence-electron chi connectivity index (χ3n) is 6.17. The van der Waals surface area contributed by atoms with Crippen LogP contribution in [0.15, 0.2) is 83.4 Å². The van der Waals surface area contributed by atoms with Crippen LogP contribution >= 0.6 is 0 Å². The molecule has 0 aliphatic rings. The molecule has 0 fully saturated rings. The van der Waals surface area contributed by atoms with E-state index in [-0.39, 0.29) is 30.3 Å². The Morgan fingerprint density at radius 1 is 0.950 bits per heavy atom. The van der Waals surface area contributed by atoms with Crippen molar-refractivity contribution in [2.24, 2.45) is 0 Å². The van der Waals surface area contributed by atoms with E-state index < -0.39 is 45.3 Å². The van der Waals surface area contributed by atoms with Crippen LogP contribution in [0, 0.1) is 0 Å². The second-order valence-corrected chi connectivity index (χ2v) is 11.1. The molecule has 12 heteroatoms. The molecule has 2 aromatic carbocycles. The first kappa shape index (κ1) is 28.4. The van der Waals surface area contributed by atoms with Crippen molar-refractivity contribution in [1.29, 1.82) is 0 Å². The number of rotatable bonds is 12. The number of hydrogen-bond acceptors (Lipinski definition) is 9. The van der Waals surface area contributed by atoms with Crippen LogP contribution < -0.4 is 10.6 Å². The summed E-state index contributed by atoms with van der Waals surface area (Å²) in [6.07, 6.45) is 0.716. The van der Waals surface area contributed by atoms with Gasteiger partial charge < -0.3 is 19.8 Å². The summed E-state index contributed by atoms with van der Waals surface area (Å²) >= 11 is 0. The molecule has 11 nitrogen and oxygen atoms in total. The summed E-state index contributed by atoms with van der Waals surface area (Å²) in [5, 5.41) is 3.29. The molecular weight excluding hydrogens is 536 g/mol. The van der Waals surface area contributed by atoms with Crippen LogP contribution in [0.2, 0.25) is 0 Å². The van der Waals surface area contributed by atoms with E-state index in [9.17, 15) is 22.8 Å². The number of methoxy groups -OCH3 is 1. The van der Waals surface area contributed by atoms with Gasteiger partial charge in [-0.25, -0.2) is 18.2 Å². The van der Waals surface area contributed by atoms with E-state index in [1.807, 2.05) is 6.07 Å². The highest BCUT2D eigenvalue weighted by Crippen LogP contribution is 2.26.